The van der Waals surface area contributed by atoms with Crippen molar-refractivity contribution in [1.29, 1.82) is 0 Å². The van der Waals surface area contributed by atoms with Crippen molar-refractivity contribution >= 4 is 38.1 Å². The number of ketones is 1. The Morgan fingerprint density at radius 1 is 0.609 bits per heavy atom. The minimum Gasteiger partial charge on any atom is -0.299 e. The summed E-state index contributed by atoms with van der Waals surface area (Å²) in [7, 11) is 0. The number of Topliss-reactive ketones (excluding diaryl/α,β-unsaturated/α-hetero) is 1. The number of benzene rings is 4. The van der Waals surface area contributed by atoms with Gasteiger partial charge in [-0.2, -0.15) is 0 Å². The molecule has 0 saturated carbocycles. The lowest BCUT2D eigenvalue weighted by atomic mass is 9.81. The summed E-state index contributed by atoms with van der Waals surface area (Å²) in [5.41, 5.74) is 2.64. The van der Waals surface area contributed by atoms with E-state index >= 15 is 0 Å². The predicted molar refractivity (Wildman–Crippen MR) is 96.0 cm³/mol. The number of hydrogen-bond acceptors (Lipinski definition) is 1. The molecular formula is C22H16O. The summed E-state index contributed by atoms with van der Waals surface area (Å²) in [6, 6.07) is 21.6. The zero-order valence-corrected chi connectivity index (χ0v) is 12.8. The maximum atomic E-state index is 12.1. The molecule has 1 aliphatic rings. The second-order valence-corrected chi connectivity index (χ2v) is 6.43. The van der Waals surface area contributed by atoms with Crippen LogP contribution >= 0.6 is 0 Å². The van der Waals surface area contributed by atoms with E-state index in [0.717, 1.165) is 6.42 Å². The van der Waals surface area contributed by atoms with Crippen molar-refractivity contribution in [1.82, 2.24) is 0 Å². The number of hydrogen-bond donors (Lipinski definition) is 0. The van der Waals surface area contributed by atoms with Gasteiger partial charge >= 0.3 is 0 Å². The van der Waals surface area contributed by atoms with E-state index in [1.165, 1.54) is 43.4 Å². The van der Waals surface area contributed by atoms with Crippen LogP contribution < -0.4 is 0 Å². The van der Waals surface area contributed by atoms with Crippen LogP contribution in [0.2, 0.25) is 0 Å². The van der Waals surface area contributed by atoms with Crippen molar-refractivity contribution < 1.29 is 4.79 Å². The van der Waals surface area contributed by atoms with E-state index < -0.39 is 0 Å². The van der Waals surface area contributed by atoms with Crippen LogP contribution in [-0.4, -0.2) is 5.78 Å². The lowest BCUT2D eigenvalue weighted by molar-refractivity contribution is -0.118. The average molecular weight is 296 g/mol. The molecule has 0 amide bonds. The van der Waals surface area contributed by atoms with Crippen molar-refractivity contribution in [2.45, 2.75) is 19.3 Å². The van der Waals surface area contributed by atoms with Crippen LogP contribution in [-0.2, 0) is 17.6 Å². The molecule has 0 radical (unpaired) electrons. The highest BCUT2D eigenvalue weighted by Gasteiger charge is 2.22. The molecule has 0 heterocycles. The number of aryl methyl sites for hydroxylation is 1. The topological polar surface area (TPSA) is 17.1 Å². The lowest BCUT2D eigenvalue weighted by Crippen LogP contribution is -2.14. The highest BCUT2D eigenvalue weighted by molar-refractivity contribution is 6.20. The second kappa shape index (κ2) is 4.66. The third-order valence-electron chi connectivity index (χ3n) is 5.17. The van der Waals surface area contributed by atoms with Crippen LogP contribution in [0.5, 0.6) is 0 Å². The Labute approximate surface area is 134 Å². The first-order chi connectivity index (χ1) is 11.3. The van der Waals surface area contributed by atoms with Crippen LogP contribution in [0.1, 0.15) is 17.5 Å². The number of rotatable bonds is 0. The predicted octanol–water partition coefficient (Wildman–Crippen LogP) is 5.20. The summed E-state index contributed by atoms with van der Waals surface area (Å²) < 4.78 is 0. The Morgan fingerprint density at radius 3 is 2.22 bits per heavy atom. The molecule has 0 fully saturated rings. The summed E-state index contributed by atoms with van der Waals surface area (Å²) in [5.74, 6) is 0.363. The summed E-state index contributed by atoms with van der Waals surface area (Å²) in [4.78, 5) is 12.1. The third-order valence-corrected chi connectivity index (χ3v) is 5.17. The van der Waals surface area contributed by atoms with Crippen LogP contribution in [0, 0.1) is 0 Å². The van der Waals surface area contributed by atoms with Gasteiger partial charge in [-0.1, -0.05) is 60.7 Å². The van der Waals surface area contributed by atoms with Gasteiger partial charge in [-0.15, -0.1) is 0 Å². The Balaban J connectivity index is 2.10. The number of fused-ring (bicyclic) bond motifs is 8. The monoisotopic (exact) mass is 296 g/mol. The van der Waals surface area contributed by atoms with E-state index in [9.17, 15) is 4.79 Å². The fraction of sp³-hybridized carbons (Fsp3) is 0.136. The van der Waals surface area contributed by atoms with Crippen LogP contribution in [0.15, 0.2) is 60.7 Å². The van der Waals surface area contributed by atoms with Crippen molar-refractivity contribution in [3.63, 3.8) is 0 Å². The molecule has 4 aromatic carbocycles. The molecule has 5 rings (SSSR count). The van der Waals surface area contributed by atoms with Gasteiger partial charge in [-0.05, 0) is 49.9 Å². The highest BCUT2D eigenvalue weighted by atomic mass is 16.1. The molecule has 0 unspecified atom stereocenters. The summed E-state index contributed by atoms with van der Waals surface area (Å²) in [6.07, 6.45) is 2.12. The summed E-state index contributed by atoms with van der Waals surface area (Å²) in [5, 5.41) is 7.69. The maximum absolute atomic E-state index is 12.1. The summed E-state index contributed by atoms with van der Waals surface area (Å²) >= 11 is 0. The van der Waals surface area contributed by atoms with E-state index in [4.69, 9.17) is 0 Å². The van der Waals surface area contributed by atoms with Crippen LogP contribution in [0.25, 0.3) is 32.3 Å². The molecule has 0 bridgehead atoms. The Kier molecular flexibility index (Phi) is 2.60. The third kappa shape index (κ3) is 1.77. The Morgan fingerprint density at radius 2 is 1.35 bits per heavy atom. The van der Waals surface area contributed by atoms with Crippen LogP contribution in [0.3, 0.4) is 0 Å². The van der Waals surface area contributed by atoms with Gasteiger partial charge < -0.3 is 0 Å². The van der Waals surface area contributed by atoms with Crippen molar-refractivity contribution in [2.24, 2.45) is 0 Å². The van der Waals surface area contributed by atoms with Crippen molar-refractivity contribution in [3.8, 4) is 0 Å². The minimum absolute atomic E-state index is 0.363. The standard InChI is InChI=1S/C22H16O/c23-15-10-12-19-17-7-3-4-8-18(17)20-11-9-14-5-1-2-6-16(14)22(20)21(19)13-15/h1-9,11H,10,12-13H2. The molecule has 0 N–H and O–H groups in total. The molecule has 0 saturated heterocycles. The first kappa shape index (κ1) is 12.8. The lowest BCUT2D eigenvalue weighted by Gasteiger charge is -2.22. The molecule has 0 atom stereocenters. The van der Waals surface area contributed by atoms with E-state index in [-0.39, 0.29) is 0 Å². The first-order valence-corrected chi connectivity index (χ1v) is 8.18. The quantitative estimate of drug-likeness (QED) is 0.407. The largest absolute Gasteiger partial charge is 0.299 e. The highest BCUT2D eigenvalue weighted by Crippen LogP contribution is 2.39. The molecular weight excluding hydrogens is 280 g/mol. The number of carbonyl (C=O) groups excluding carboxylic acids is 1. The Bertz CT molecular complexity index is 1110. The van der Waals surface area contributed by atoms with Crippen molar-refractivity contribution in [2.75, 3.05) is 0 Å². The fourth-order valence-corrected chi connectivity index (χ4v) is 4.15. The molecule has 1 aliphatic carbocycles. The van der Waals surface area contributed by atoms with E-state index in [1.807, 2.05) is 0 Å². The number of carbonyl (C=O) groups is 1. The van der Waals surface area contributed by atoms with Gasteiger partial charge in [0.2, 0.25) is 0 Å². The van der Waals surface area contributed by atoms with Gasteiger partial charge in [-0.25, -0.2) is 0 Å². The molecule has 1 nitrogen and oxygen atoms in total. The minimum atomic E-state index is 0.363. The van der Waals surface area contributed by atoms with E-state index in [2.05, 4.69) is 60.7 Å². The molecule has 23 heavy (non-hydrogen) atoms. The van der Waals surface area contributed by atoms with Gasteiger partial charge in [0.1, 0.15) is 5.78 Å². The summed E-state index contributed by atoms with van der Waals surface area (Å²) in [6.45, 7) is 0. The molecule has 0 aromatic heterocycles. The second-order valence-electron chi connectivity index (χ2n) is 6.43. The maximum Gasteiger partial charge on any atom is 0.137 e. The molecule has 110 valence electrons. The van der Waals surface area contributed by atoms with Crippen molar-refractivity contribution in [3.05, 3.63) is 71.8 Å². The molecule has 0 aliphatic heterocycles. The van der Waals surface area contributed by atoms with Gasteiger partial charge in [0, 0.05) is 12.8 Å². The molecule has 0 spiro atoms. The van der Waals surface area contributed by atoms with Gasteiger partial charge in [0.25, 0.3) is 0 Å². The smallest absolute Gasteiger partial charge is 0.137 e. The SMILES string of the molecule is O=C1CCc2c(c3c4ccccc4ccc3c3ccccc23)C1. The van der Waals surface area contributed by atoms with Gasteiger partial charge in [-0.3, -0.25) is 4.79 Å². The zero-order chi connectivity index (χ0) is 15.4. The zero-order valence-electron chi connectivity index (χ0n) is 12.8. The molecule has 1 heteroatoms. The Hall–Kier alpha value is -2.67. The first-order valence-electron chi connectivity index (χ1n) is 8.18. The normalized spacial score (nSPS) is 14.5. The molecule has 4 aromatic rings. The van der Waals surface area contributed by atoms with Gasteiger partial charge in [0.05, 0.1) is 0 Å². The van der Waals surface area contributed by atoms with Gasteiger partial charge in [0.15, 0.2) is 0 Å². The van der Waals surface area contributed by atoms with Crippen LogP contribution in [0.4, 0.5) is 0 Å². The average Bonchev–Trinajstić information content (AvgIpc) is 2.61. The fourth-order valence-electron chi connectivity index (χ4n) is 4.15. The van der Waals surface area contributed by atoms with E-state index in [1.54, 1.807) is 0 Å². The van der Waals surface area contributed by atoms with E-state index in [0.29, 0.717) is 18.6 Å².